The highest BCUT2D eigenvalue weighted by Crippen LogP contribution is 2.45. The van der Waals surface area contributed by atoms with Crippen molar-refractivity contribution in [2.45, 2.75) is 38.6 Å². The van der Waals surface area contributed by atoms with E-state index in [2.05, 4.69) is 29.6 Å². The van der Waals surface area contributed by atoms with Crippen molar-refractivity contribution in [1.29, 1.82) is 5.26 Å². The Labute approximate surface area is 107 Å². The molecule has 0 saturated heterocycles. The normalized spacial score (nSPS) is 18.8. The van der Waals surface area contributed by atoms with Crippen molar-refractivity contribution in [1.82, 2.24) is 5.32 Å². The van der Waals surface area contributed by atoms with Gasteiger partial charge in [0.05, 0.1) is 6.07 Å². The highest BCUT2D eigenvalue weighted by molar-refractivity contribution is 5.88. The predicted molar refractivity (Wildman–Crippen MR) is 67.6 cm³/mol. The molecule has 1 saturated carbocycles. The number of hydrogen-bond acceptors (Lipinski definition) is 2. The number of nitriles is 1. The number of carbonyl (C=O) groups excluding carboxylic acids is 1. The number of fused-ring (bicyclic) bond motifs is 1. The van der Waals surface area contributed by atoms with Crippen LogP contribution in [0.2, 0.25) is 0 Å². The second kappa shape index (κ2) is 4.13. The zero-order valence-electron chi connectivity index (χ0n) is 10.3. The molecule has 1 N–H and O–H groups in total. The summed E-state index contributed by atoms with van der Waals surface area (Å²) in [4.78, 5) is 11.8. The van der Waals surface area contributed by atoms with E-state index in [-0.39, 0.29) is 5.91 Å². The van der Waals surface area contributed by atoms with E-state index in [0.717, 1.165) is 12.0 Å². The van der Waals surface area contributed by atoms with Crippen LogP contribution in [0.3, 0.4) is 0 Å². The Kier molecular flexibility index (Phi) is 2.59. The van der Waals surface area contributed by atoms with Crippen LogP contribution in [0.25, 0.3) is 0 Å². The number of hydrogen-bond donors (Lipinski definition) is 1. The van der Waals surface area contributed by atoms with Gasteiger partial charge in [0, 0.05) is 6.54 Å². The van der Waals surface area contributed by atoms with Crippen LogP contribution in [-0.2, 0) is 24.2 Å². The van der Waals surface area contributed by atoms with Crippen LogP contribution in [0.5, 0.6) is 0 Å². The van der Waals surface area contributed by atoms with Crippen LogP contribution in [0.4, 0.5) is 0 Å². The molecule has 1 fully saturated rings. The van der Waals surface area contributed by atoms with Crippen LogP contribution in [0, 0.1) is 16.7 Å². The minimum atomic E-state index is -0.712. The van der Waals surface area contributed by atoms with E-state index in [0.29, 0.717) is 19.4 Å². The lowest BCUT2D eigenvalue weighted by molar-refractivity contribution is -0.124. The SMILES string of the molecule is N#CC1(C(=O)NCc2ccc3c(c2)CCC3)CC1. The smallest absolute Gasteiger partial charge is 0.240 e. The molecule has 2 aliphatic rings. The molecule has 3 rings (SSSR count). The average molecular weight is 240 g/mol. The van der Waals surface area contributed by atoms with E-state index in [1.165, 1.54) is 24.0 Å². The summed E-state index contributed by atoms with van der Waals surface area (Å²) in [5.74, 6) is -0.106. The second-order valence-electron chi connectivity index (χ2n) is 5.33. The quantitative estimate of drug-likeness (QED) is 0.879. The second-order valence-corrected chi connectivity index (χ2v) is 5.33. The van der Waals surface area contributed by atoms with E-state index in [1.807, 2.05) is 0 Å². The van der Waals surface area contributed by atoms with Gasteiger partial charge in [-0.2, -0.15) is 5.26 Å². The van der Waals surface area contributed by atoms with E-state index in [4.69, 9.17) is 5.26 Å². The van der Waals surface area contributed by atoms with Gasteiger partial charge in [-0.25, -0.2) is 0 Å². The molecule has 0 aliphatic heterocycles. The zero-order chi connectivity index (χ0) is 12.6. The first-order chi connectivity index (χ1) is 8.73. The first-order valence-electron chi connectivity index (χ1n) is 6.54. The van der Waals surface area contributed by atoms with Gasteiger partial charge < -0.3 is 5.32 Å². The fraction of sp³-hybridized carbons (Fsp3) is 0.467. The Bertz CT molecular complexity index is 538. The molecular formula is C15H16N2O. The van der Waals surface area contributed by atoms with Crippen LogP contribution < -0.4 is 5.32 Å². The van der Waals surface area contributed by atoms with Gasteiger partial charge in [-0.3, -0.25) is 4.79 Å². The Morgan fingerprint density at radius 2 is 2.11 bits per heavy atom. The van der Waals surface area contributed by atoms with Gasteiger partial charge in [0.2, 0.25) is 5.91 Å². The highest BCUT2D eigenvalue weighted by atomic mass is 16.2. The molecule has 1 amide bonds. The van der Waals surface area contributed by atoms with E-state index in [1.54, 1.807) is 0 Å². The van der Waals surface area contributed by atoms with Crippen molar-refractivity contribution in [3.05, 3.63) is 34.9 Å². The van der Waals surface area contributed by atoms with E-state index >= 15 is 0 Å². The van der Waals surface area contributed by atoms with Crippen LogP contribution in [0.15, 0.2) is 18.2 Å². The predicted octanol–water partition coefficient (Wildman–Crippen LogP) is 2.10. The molecule has 1 aromatic rings. The van der Waals surface area contributed by atoms with Crippen molar-refractivity contribution < 1.29 is 4.79 Å². The number of rotatable bonds is 3. The summed E-state index contributed by atoms with van der Waals surface area (Å²) in [6, 6.07) is 8.55. The van der Waals surface area contributed by atoms with Crippen molar-refractivity contribution in [2.75, 3.05) is 0 Å². The van der Waals surface area contributed by atoms with Crippen LogP contribution in [0.1, 0.15) is 36.0 Å². The monoisotopic (exact) mass is 240 g/mol. The summed E-state index contributed by atoms with van der Waals surface area (Å²) in [5, 5.41) is 11.8. The molecule has 2 aliphatic carbocycles. The summed E-state index contributed by atoms with van der Waals surface area (Å²) < 4.78 is 0. The number of nitrogens with zero attached hydrogens (tertiary/aromatic N) is 1. The maximum atomic E-state index is 11.8. The Balaban J connectivity index is 1.64. The first-order valence-corrected chi connectivity index (χ1v) is 6.54. The molecule has 3 nitrogen and oxygen atoms in total. The third kappa shape index (κ3) is 1.88. The number of amides is 1. The first kappa shape index (κ1) is 11.3. The average Bonchev–Trinajstić information content (AvgIpc) is 3.07. The van der Waals surface area contributed by atoms with Crippen molar-refractivity contribution in [3.8, 4) is 6.07 Å². The molecule has 0 aromatic heterocycles. The number of nitrogens with one attached hydrogen (secondary N) is 1. The van der Waals surface area contributed by atoms with Gasteiger partial charge in [-0.15, -0.1) is 0 Å². The van der Waals surface area contributed by atoms with Crippen molar-refractivity contribution in [3.63, 3.8) is 0 Å². The Morgan fingerprint density at radius 1 is 1.33 bits per heavy atom. The maximum absolute atomic E-state index is 11.8. The summed E-state index contributed by atoms with van der Waals surface area (Å²) in [5.41, 5.74) is 3.29. The molecular weight excluding hydrogens is 224 g/mol. The molecule has 18 heavy (non-hydrogen) atoms. The molecule has 0 spiro atoms. The van der Waals surface area contributed by atoms with Gasteiger partial charge in [0.1, 0.15) is 5.41 Å². The van der Waals surface area contributed by atoms with E-state index in [9.17, 15) is 4.79 Å². The van der Waals surface area contributed by atoms with Crippen LogP contribution >= 0.6 is 0 Å². The van der Waals surface area contributed by atoms with Crippen molar-refractivity contribution >= 4 is 5.91 Å². The van der Waals surface area contributed by atoms with E-state index < -0.39 is 5.41 Å². The third-order valence-electron chi connectivity index (χ3n) is 4.01. The lowest BCUT2D eigenvalue weighted by Crippen LogP contribution is -2.30. The van der Waals surface area contributed by atoms with Gasteiger partial charge in [-0.1, -0.05) is 18.2 Å². The van der Waals surface area contributed by atoms with Gasteiger partial charge in [0.25, 0.3) is 0 Å². The Hall–Kier alpha value is -1.82. The lowest BCUT2D eigenvalue weighted by atomic mass is 10.1. The molecule has 1 aromatic carbocycles. The molecule has 0 atom stereocenters. The van der Waals surface area contributed by atoms with Crippen LogP contribution in [-0.4, -0.2) is 5.91 Å². The maximum Gasteiger partial charge on any atom is 0.240 e. The summed E-state index contributed by atoms with van der Waals surface area (Å²) in [7, 11) is 0. The lowest BCUT2D eigenvalue weighted by Gasteiger charge is -2.09. The fourth-order valence-electron chi connectivity index (χ4n) is 2.60. The minimum Gasteiger partial charge on any atom is -0.351 e. The third-order valence-corrected chi connectivity index (χ3v) is 4.01. The fourth-order valence-corrected chi connectivity index (χ4v) is 2.60. The standard InChI is InChI=1S/C15H16N2O/c16-10-15(6-7-15)14(18)17-9-11-4-5-12-2-1-3-13(12)8-11/h4-5,8H,1-3,6-7,9H2,(H,17,18). The van der Waals surface area contributed by atoms with Gasteiger partial charge >= 0.3 is 0 Å². The summed E-state index contributed by atoms with van der Waals surface area (Å²) in [6.45, 7) is 0.537. The molecule has 92 valence electrons. The molecule has 0 unspecified atom stereocenters. The summed E-state index contributed by atoms with van der Waals surface area (Å²) >= 11 is 0. The topological polar surface area (TPSA) is 52.9 Å². The summed E-state index contributed by atoms with van der Waals surface area (Å²) in [6.07, 6.45) is 4.99. The number of benzene rings is 1. The van der Waals surface area contributed by atoms with Gasteiger partial charge in [-0.05, 0) is 48.8 Å². The zero-order valence-corrected chi connectivity index (χ0v) is 10.3. The minimum absolute atomic E-state index is 0.106. The highest BCUT2D eigenvalue weighted by Gasteiger charge is 2.50. The number of aryl methyl sites for hydroxylation is 2. The molecule has 3 heteroatoms. The largest absolute Gasteiger partial charge is 0.351 e. The molecule has 0 bridgehead atoms. The van der Waals surface area contributed by atoms with Crippen molar-refractivity contribution in [2.24, 2.45) is 5.41 Å². The van der Waals surface area contributed by atoms with Gasteiger partial charge in [0.15, 0.2) is 0 Å². The molecule has 0 heterocycles. The Morgan fingerprint density at radius 3 is 2.83 bits per heavy atom. The number of carbonyl (C=O) groups is 1. The molecule has 0 radical (unpaired) electrons.